The number of hydrogen-bond acceptors (Lipinski definition) is 3. The number of carbonyl (C=O) groups is 1. The van der Waals surface area contributed by atoms with Crippen LogP contribution in [-0.4, -0.2) is 10.4 Å². The van der Waals surface area contributed by atoms with Crippen LogP contribution in [0.1, 0.15) is 34.2 Å². The Kier molecular flexibility index (Phi) is 5.50. The summed E-state index contributed by atoms with van der Waals surface area (Å²) < 4.78 is 8.46. The quantitative estimate of drug-likeness (QED) is 0.273. The van der Waals surface area contributed by atoms with Gasteiger partial charge in [-0.05, 0) is 62.6 Å². The molecule has 5 rings (SSSR count). The molecule has 0 radical (unpaired) electrons. The second kappa shape index (κ2) is 8.64. The normalized spacial score (nSPS) is 11.8. The van der Waals surface area contributed by atoms with Gasteiger partial charge in [-0.2, -0.15) is 0 Å². The van der Waals surface area contributed by atoms with Crippen LogP contribution in [0.4, 0.5) is 5.69 Å². The summed E-state index contributed by atoms with van der Waals surface area (Å²) in [5.41, 5.74) is 7.91. The smallest absolute Gasteiger partial charge is 0.244 e. The monoisotopic (exact) mass is 446 g/mol. The zero-order chi connectivity index (χ0) is 23.8. The number of para-hydroxylation sites is 2. The molecular weight excluding hydrogens is 420 g/mol. The molecule has 0 aliphatic heterocycles. The minimum atomic E-state index is -0.0322. The van der Waals surface area contributed by atoms with Crippen molar-refractivity contribution in [2.24, 2.45) is 4.99 Å². The van der Waals surface area contributed by atoms with E-state index in [4.69, 9.17) is 9.41 Å². The largest absolute Gasteiger partial charge is 0.441 e. The first kappa shape index (κ1) is 21.7. The standard InChI is InChI=1S/C30H26N2O2/c1-19-12-8-10-16-25(19)31-30-29-24(28(21(3)33)22(4)34-30)18-27(23-14-6-5-7-15-23)32(29)26-17-11-9-13-20(26)2/h5-18H,1-4H3. The van der Waals surface area contributed by atoms with Crippen molar-refractivity contribution in [1.82, 2.24) is 4.57 Å². The number of carbonyl (C=O) groups excluding carboxylic acids is 1. The van der Waals surface area contributed by atoms with Gasteiger partial charge in [-0.25, -0.2) is 4.99 Å². The fourth-order valence-corrected chi connectivity index (χ4v) is 4.54. The van der Waals surface area contributed by atoms with Gasteiger partial charge in [0.25, 0.3) is 0 Å². The molecule has 0 saturated carbocycles. The average molecular weight is 447 g/mol. The van der Waals surface area contributed by atoms with Gasteiger partial charge in [0.15, 0.2) is 5.78 Å². The molecule has 3 aromatic carbocycles. The number of aryl methyl sites for hydroxylation is 3. The summed E-state index contributed by atoms with van der Waals surface area (Å²) in [6.07, 6.45) is 0. The highest BCUT2D eigenvalue weighted by molar-refractivity contribution is 6.08. The second-order valence-corrected chi connectivity index (χ2v) is 8.57. The topological polar surface area (TPSA) is 47.5 Å². The third-order valence-corrected chi connectivity index (χ3v) is 6.19. The number of fused-ring (bicyclic) bond motifs is 1. The summed E-state index contributed by atoms with van der Waals surface area (Å²) in [5.74, 6) is 0.532. The van der Waals surface area contributed by atoms with Crippen LogP contribution < -0.4 is 5.55 Å². The van der Waals surface area contributed by atoms with E-state index < -0.39 is 0 Å². The van der Waals surface area contributed by atoms with Gasteiger partial charge in [0.1, 0.15) is 11.3 Å². The van der Waals surface area contributed by atoms with E-state index in [0.717, 1.165) is 44.7 Å². The number of nitrogens with zero attached hydrogens (tertiary/aromatic N) is 2. The molecule has 0 saturated heterocycles. The Labute approximate surface area is 198 Å². The second-order valence-electron chi connectivity index (χ2n) is 8.57. The minimum Gasteiger partial charge on any atom is -0.441 e. The fourth-order valence-electron chi connectivity index (χ4n) is 4.54. The van der Waals surface area contributed by atoms with Gasteiger partial charge in [0.05, 0.1) is 16.9 Å². The molecule has 0 unspecified atom stereocenters. The molecule has 2 heterocycles. The number of ketones is 1. The lowest BCUT2D eigenvalue weighted by molar-refractivity contribution is 0.101. The molecule has 0 fully saturated rings. The lowest BCUT2D eigenvalue weighted by Crippen LogP contribution is -2.13. The SMILES string of the molecule is CC(=O)c1c(C)oc(=Nc2ccccc2C)c2c1cc(-c1ccccc1)n2-c1ccccc1C. The molecule has 0 aliphatic rings. The average Bonchev–Trinajstić information content (AvgIpc) is 3.21. The lowest BCUT2D eigenvalue weighted by Gasteiger charge is -2.14. The molecular formula is C30H26N2O2. The van der Waals surface area contributed by atoms with Gasteiger partial charge in [-0.15, -0.1) is 0 Å². The summed E-state index contributed by atoms with van der Waals surface area (Å²) in [5, 5.41) is 0.839. The van der Waals surface area contributed by atoms with E-state index in [1.165, 1.54) is 0 Å². The van der Waals surface area contributed by atoms with Crippen LogP contribution >= 0.6 is 0 Å². The maximum absolute atomic E-state index is 12.8. The van der Waals surface area contributed by atoms with Crippen LogP contribution in [0.15, 0.2) is 94.3 Å². The van der Waals surface area contributed by atoms with Crippen molar-refractivity contribution in [3.05, 3.63) is 113 Å². The van der Waals surface area contributed by atoms with Crippen LogP contribution in [-0.2, 0) is 0 Å². The predicted octanol–water partition coefficient (Wildman–Crippen LogP) is 7.25. The Morgan fingerprint density at radius 2 is 1.47 bits per heavy atom. The van der Waals surface area contributed by atoms with Crippen molar-refractivity contribution in [2.45, 2.75) is 27.7 Å². The van der Waals surface area contributed by atoms with Gasteiger partial charge in [0.2, 0.25) is 5.55 Å². The van der Waals surface area contributed by atoms with Crippen molar-refractivity contribution in [3.63, 3.8) is 0 Å². The van der Waals surface area contributed by atoms with Crippen molar-refractivity contribution in [2.75, 3.05) is 0 Å². The zero-order valence-electron chi connectivity index (χ0n) is 19.8. The van der Waals surface area contributed by atoms with Crippen molar-refractivity contribution in [1.29, 1.82) is 0 Å². The molecule has 5 aromatic rings. The molecule has 4 nitrogen and oxygen atoms in total. The van der Waals surface area contributed by atoms with E-state index in [2.05, 4.69) is 41.8 Å². The highest BCUT2D eigenvalue weighted by atomic mass is 16.3. The molecule has 0 atom stereocenters. The van der Waals surface area contributed by atoms with E-state index in [-0.39, 0.29) is 5.78 Å². The molecule has 34 heavy (non-hydrogen) atoms. The molecule has 2 aromatic heterocycles. The number of benzene rings is 3. The Balaban J connectivity index is 2.02. The number of aromatic nitrogens is 1. The third-order valence-electron chi connectivity index (χ3n) is 6.19. The first-order valence-electron chi connectivity index (χ1n) is 11.4. The Morgan fingerprint density at radius 3 is 2.15 bits per heavy atom. The van der Waals surface area contributed by atoms with Crippen LogP contribution in [0.3, 0.4) is 0 Å². The first-order chi connectivity index (χ1) is 16.5. The molecule has 0 N–H and O–H groups in total. The highest BCUT2D eigenvalue weighted by Crippen LogP contribution is 2.34. The van der Waals surface area contributed by atoms with E-state index in [1.807, 2.05) is 68.4 Å². The van der Waals surface area contributed by atoms with Gasteiger partial charge in [-0.1, -0.05) is 66.7 Å². The van der Waals surface area contributed by atoms with E-state index in [1.54, 1.807) is 6.92 Å². The predicted molar refractivity (Wildman–Crippen MR) is 137 cm³/mol. The molecule has 0 amide bonds. The van der Waals surface area contributed by atoms with E-state index in [0.29, 0.717) is 16.9 Å². The molecule has 0 bridgehead atoms. The summed E-state index contributed by atoms with van der Waals surface area (Å²) in [6.45, 7) is 7.54. The van der Waals surface area contributed by atoms with E-state index in [9.17, 15) is 4.79 Å². The fraction of sp³-hybridized carbons (Fsp3) is 0.133. The number of Topliss-reactive ketones (excluding diaryl/α,β-unsaturated/α-hetero) is 1. The van der Waals surface area contributed by atoms with Crippen LogP contribution in [0.5, 0.6) is 0 Å². The van der Waals surface area contributed by atoms with Gasteiger partial charge >= 0.3 is 0 Å². The molecule has 0 spiro atoms. The molecule has 168 valence electrons. The summed E-state index contributed by atoms with van der Waals surface area (Å²) in [7, 11) is 0. The van der Waals surface area contributed by atoms with Crippen LogP contribution in [0.2, 0.25) is 0 Å². The van der Waals surface area contributed by atoms with Crippen molar-refractivity contribution < 1.29 is 9.21 Å². The third kappa shape index (κ3) is 3.67. The van der Waals surface area contributed by atoms with Crippen LogP contribution in [0.25, 0.3) is 27.8 Å². The number of rotatable bonds is 4. The van der Waals surface area contributed by atoms with Gasteiger partial charge in [-0.3, -0.25) is 4.79 Å². The maximum atomic E-state index is 12.8. The summed E-state index contributed by atoms with van der Waals surface area (Å²) >= 11 is 0. The van der Waals surface area contributed by atoms with Crippen LogP contribution in [0, 0.1) is 20.8 Å². The zero-order valence-corrected chi connectivity index (χ0v) is 19.8. The van der Waals surface area contributed by atoms with Crippen molar-refractivity contribution >= 4 is 22.4 Å². The summed E-state index contributed by atoms with van der Waals surface area (Å²) in [4.78, 5) is 17.7. The Morgan fingerprint density at radius 1 is 0.824 bits per heavy atom. The minimum absolute atomic E-state index is 0.0322. The maximum Gasteiger partial charge on any atom is 0.244 e. The van der Waals surface area contributed by atoms with Crippen molar-refractivity contribution in [3.8, 4) is 16.9 Å². The van der Waals surface area contributed by atoms with Gasteiger partial charge < -0.3 is 8.98 Å². The van der Waals surface area contributed by atoms with E-state index >= 15 is 0 Å². The summed E-state index contributed by atoms with van der Waals surface area (Å²) in [6, 6.07) is 28.5. The lowest BCUT2D eigenvalue weighted by atomic mass is 10.1. The Bertz CT molecular complexity index is 1600. The molecule has 4 heteroatoms. The number of hydrogen-bond donors (Lipinski definition) is 0. The highest BCUT2D eigenvalue weighted by Gasteiger charge is 2.22. The first-order valence-corrected chi connectivity index (χ1v) is 11.4. The van der Waals surface area contributed by atoms with Gasteiger partial charge in [0, 0.05) is 11.1 Å². The Hall–Kier alpha value is -4.18. The molecule has 0 aliphatic carbocycles.